The molecule has 0 aromatic heterocycles. The van der Waals surface area contributed by atoms with Gasteiger partial charge in [-0.25, -0.2) is 0 Å². The van der Waals surface area contributed by atoms with Crippen molar-refractivity contribution in [1.82, 2.24) is 0 Å². The number of amides is 1. The number of ether oxygens (including phenoxy) is 1. The minimum absolute atomic E-state index is 0.118. The van der Waals surface area contributed by atoms with Crippen LogP contribution in [0.15, 0.2) is 66.7 Å². The number of fused-ring (bicyclic) bond motifs is 1. The predicted molar refractivity (Wildman–Crippen MR) is 103 cm³/mol. The Bertz CT molecular complexity index is 840. The van der Waals surface area contributed by atoms with E-state index >= 15 is 0 Å². The number of hydrogen-bond acceptors (Lipinski definition) is 2. The smallest absolute Gasteiger partial charge is 0.255 e. The van der Waals surface area contributed by atoms with Crippen LogP contribution in [0, 0.1) is 0 Å². The number of unbranched alkanes of at least 4 members (excludes halogenated alkanes) is 2. The summed E-state index contributed by atoms with van der Waals surface area (Å²) in [5.41, 5.74) is 1.41. The number of carbonyl (C=O) groups excluding carboxylic acids is 1. The van der Waals surface area contributed by atoms with Crippen molar-refractivity contribution in [1.29, 1.82) is 0 Å². The monoisotopic (exact) mass is 333 g/mol. The van der Waals surface area contributed by atoms with Gasteiger partial charge in [-0.1, -0.05) is 50.1 Å². The average Bonchev–Trinajstić information content (AvgIpc) is 2.65. The molecule has 0 unspecified atom stereocenters. The van der Waals surface area contributed by atoms with Gasteiger partial charge in [-0.15, -0.1) is 0 Å². The van der Waals surface area contributed by atoms with E-state index < -0.39 is 0 Å². The SMILES string of the molecule is CCCCCOc1ccc(C(=O)Nc2ccc3ccccc3c2)cc1. The molecule has 0 saturated carbocycles. The fraction of sp³-hybridized carbons (Fsp3) is 0.227. The van der Waals surface area contributed by atoms with Crippen LogP contribution in [0.1, 0.15) is 36.5 Å². The zero-order valence-corrected chi connectivity index (χ0v) is 14.5. The van der Waals surface area contributed by atoms with Crippen LogP contribution in [0.4, 0.5) is 5.69 Å². The summed E-state index contributed by atoms with van der Waals surface area (Å²) in [7, 11) is 0. The van der Waals surface area contributed by atoms with Crippen LogP contribution in [0.25, 0.3) is 10.8 Å². The van der Waals surface area contributed by atoms with Crippen LogP contribution >= 0.6 is 0 Å². The molecule has 0 radical (unpaired) electrons. The molecule has 3 nitrogen and oxygen atoms in total. The zero-order chi connectivity index (χ0) is 17.5. The summed E-state index contributed by atoms with van der Waals surface area (Å²) in [5.74, 6) is 0.686. The van der Waals surface area contributed by atoms with Crippen LogP contribution in [0.3, 0.4) is 0 Å². The lowest BCUT2D eigenvalue weighted by Gasteiger charge is -2.08. The topological polar surface area (TPSA) is 38.3 Å². The molecule has 0 aliphatic carbocycles. The Hall–Kier alpha value is -2.81. The van der Waals surface area contributed by atoms with Gasteiger partial charge in [0.2, 0.25) is 0 Å². The Balaban J connectivity index is 1.62. The van der Waals surface area contributed by atoms with Gasteiger partial charge in [0, 0.05) is 11.3 Å². The van der Waals surface area contributed by atoms with Crippen molar-refractivity contribution in [2.45, 2.75) is 26.2 Å². The summed E-state index contributed by atoms with van der Waals surface area (Å²) < 4.78 is 5.68. The van der Waals surface area contributed by atoms with E-state index in [4.69, 9.17) is 4.74 Å². The number of benzene rings is 3. The standard InChI is InChI=1S/C22H23NO2/c1-2-3-6-15-25-21-13-10-18(11-14-21)22(24)23-20-12-9-17-7-4-5-8-19(17)16-20/h4-5,7-14,16H,2-3,6,15H2,1H3,(H,23,24). The molecule has 3 aromatic rings. The molecule has 0 aliphatic rings. The molecule has 3 rings (SSSR count). The first-order valence-electron chi connectivity index (χ1n) is 8.79. The van der Waals surface area contributed by atoms with E-state index in [1.54, 1.807) is 12.1 Å². The first kappa shape index (κ1) is 17.0. The Morgan fingerprint density at radius 2 is 1.68 bits per heavy atom. The molecule has 0 spiro atoms. The Labute approximate surface area is 148 Å². The normalized spacial score (nSPS) is 10.6. The molecule has 3 heteroatoms. The molecule has 0 fully saturated rings. The van der Waals surface area contributed by atoms with Crippen LogP contribution in [-0.2, 0) is 0 Å². The summed E-state index contributed by atoms with van der Waals surface area (Å²) in [6, 6.07) is 21.3. The average molecular weight is 333 g/mol. The quantitative estimate of drug-likeness (QED) is 0.566. The highest BCUT2D eigenvalue weighted by Gasteiger charge is 2.07. The first-order valence-corrected chi connectivity index (χ1v) is 8.79. The number of carbonyl (C=O) groups is 1. The third-order valence-corrected chi connectivity index (χ3v) is 4.14. The van der Waals surface area contributed by atoms with Gasteiger partial charge in [-0.05, 0) is 53.6 Å². The van der Waals surface area contributed by atoms with Gasteiger partial charge in [0.25, 0.3) is 5.91 Å². The lowest BCUT2D eigenvalue weighted by Crippen LogP contribution is -2.11. The summed E-state index contributed by atoms with van der Waals surface area (Å²) in [4.78, 5) is 12.4. The molecule has 0 saturated heterocycles. The first-order chi connectivity index (χ1) is 12.3. The maximum atomic E-state index is 12.4. The fourth-order valence-electron chi connectivity index (χ4n) is 2.71. The number of hydrogen-bond donors (Lipinski definition) is 1. The molecule has 1 amide bonds. The van der Waals surface area contributed by atoms with E-state index in [2.05, 4.69) is 18.3 Å². The van der Waals surface area contributed by atoms with Gasteiger partial charge in [0.15, 0.2) is 0 Å². The van der Waals surface area contributed by atoms with Crippen molar-refractivity contribution in [3.8, 4) is 5.75 Å². The lowest BCUT2D eigenvalue weighted by atomic mass is 10.1. The molecule has 25 heavy (non-hydrogen) atoms. The van der Waals surface area contributed by atoms with Gasteiger partial charge >= 0.3 is 0 Å². The van der Waals surface area contributed by atoms with Gasteiger partial charge < -0.3 is 10.1 Å². The van der Waals surface area contributed by atoms with Crippen molar-refractivity contribution in [3.63, 3.8) is 0 Å². The van der Waals surface area contributed by atoms with E-state index in [-0.39, 0.29) is 5.91 Å². The largest absolute Gasteiger partial charge is 0.494 e. The lowest BCUT2D eigenvalue weighted by molar-refractivity contribution is 0.102. The highest BCUT2D eigenvalue weighted by Crippen LogP contribution is 2.20. The third kappa shape index (κ3) is 4.60. The summed E-state index contributed by atoms with van der Waals surface area (Å²) in [6.45, 7) is 2.89. The van der Waals surface area contributed by atoms with E-state index in [0.29, 0.717) is 5.56 Å². The van der Waals surface area contributed by atoms with E-state index in [0.717, 1.165) is 35.2 Å². The molecule has 0 atom stereocenters. The fourth-order valence-corrected chi connectivity index (χ4v) is 2.71. The maximum absolute atomic E-state index is 12.4. The number of anilines is 1. The van der Waals surface area contributed by atoms with Crippen LogP contribution in [0.5, 0.6) is 5.75 Å². The van der Waals surface area contributed by atoms with Gasteiger partial charge in [0.1, 0.15) is 5.75 Å². The van der Waals surface area contributed by atoms with E-state index in [9.17, 15) is 4.79 Å². The number of rotatable bonds is 7. The molecule has 128 valence electrons. The predicted octanol–water partition coefficient (Wildman–Crippen LogP) is 5.66. The minimum Gasteiger partial charge on any atom is -0.494 e. The van der Waals surface area contributed by atoms with Crippen LogP contribution < -0.4 is 10.1 Å². The minimum atomic E-state index is -0.118. The van der Waals surface area contributed by atoms with Crippen molar-refractivity contribution in [3.05, 3.63) is 72.3 Å². The molecule has 0 aliphatic heterocycles. The van der Waals surface area contributed by atoms with E-state index in [1.165, 1.54) is 12.8 Å². The zero-order valence-electron chi connectivity index (χ0n) is 14.5. The molecule has 0 heterocycles. The van der Waals surface area contributed by atoms with Crippen molar-refractivity contribution >= 4 is 22.4 Å². The number of nitrogens with one attached hydrogen (secondary N) is 1. The van der Waals surface area contributed by atoms with Crippen molar-refractivity contribution in [2.24, 2.45) is 0 Å². The Morgan fingerprint density at radius 1 is 0.920 bits per heavy atom. The Morgan fingerprint density at radius 3 is 2.44 bits per heavy atom. The second-order valence-corrected chi connectivity index (χ2v) is 6.10. The molecule has 1 N–H and O–H groups in total. The van der Waals surface area contributed by atoms with E-state index in [1.807, 2.05) is 48.5 Å². The molecular weight excluding hydrogens is 310 g/mol. The van der Waals surface area contributed by atoms with Gasteiger partial charge in [-0.3, -0.25) is 4.79 Å². The highest BCUT2D eigenvalue weighted by atomic mass is 16.5. The van der Waals surface area contributed by atoms with Gasteiger partial charge in [0.05, 0.1) is 6.61 Å². The summed E-state index contributed by atoms with van der Waals surface area (Å²) in [5, 5.41) is 5.21. The van der Waals surface area contributed by atoms with Gasteiger partial charge in [-0.2, -0.15) is 0 Å². The molecule has 3 aromatic carbocycles. The Kier molecular flexibility index (Phi) is 5.68. The van der Waals surface area contributed by atoms with Crippen molar-refractivity contribution in [2.75, 3.05) is 11.9 Å². The van der Waals surface area contributed by atoms with Crippen molar-refractivity contribution < 1.29 is 9.53 Å². The second kappa shape index (κ2) is 8.34. The summed E-state index contributed by atoms with van der Waals surface area (Å²) in [6.07, 6.45) is 3.41. The van der Waals surface area contributed by atoms with Crippen LogP contribution in [-0.4, -0.2) is 12.5 Å². The molecule has 0 bridgehead atoms. The third-order valence-electron chi connectivity index (χ3n) is 4.14. The molecular formula is C22H23NO2. The maximum Gasteiger partial charge on any atom is 0.255 e. The van der Waals surface area contributed by atoms with Crippen LogP contribution in [0.2, 0.25) is 0 Å². The highest BCUT2D eigenvalue weighted by molar-refractivity contribution is 6.05. The summed E-state index contributed by atoms with van der Waals surface area (Å²) >= 11 is 0. The second-order valence-electron chi connectivity index (χ2n) is 6.10.